The molecular formula is C18H22ClN5O3S. The zero-order chi connectivity index (χ0) is 19.9. The lowest BCUT2D eigenvalue weighted by Crippen LogP contribution is -2.47. The first-order chi connectivity index (χ1) is 13.5. The summed E-state index contributed by atoms with van der Waals surface area (Å²) in [4.78, 5) is 34.3. The fraction of sp³-hybridized carbons (Fsp3) is 0.444. The third-order valence-corrected chi connectivity index (χ3v) is 5.27. The van der Waals surface area contributed by atoms with E-state index >= 15 is 0 Å². The molecule has 1 fully saturated rings. The molecule has 150 valence electrons. The van der Waals surface area contributed by atoms with E-state index < -0.39 is 0 Å². The maximum atomic E-state index is 12.3. The first kappa shape index (κ1) is 20.3. The molecule has 0 saturated carbocycles. The molecule has 2 aromatic rings. The highest BCUT2D eigenvalue weighted by atomic mass is 35.5. The highest BCUT2D eigenvalue weighted by Crippen LogP contribution is 2.21. The second-order valence-corrected chi connectivity index (χ2v) is 7.63. The van der Waals surface area contributed by atoms with Gasteiger partial charge in [0.05, 0.1) is 23.7 Å². The lowest BCUT2D eigenvalue weighted by Gasteiger charge is -2.31. The Balaban J connectivity index is 1.44. The highest BCUT2D eigenvalue weighted by Gasteiger charge is 2.24. The standard InChI is InChI=1S/C18H22ClN5O3S/c1-2-27-18(26)24-7-5-13(6-8-24)21-16(25)9-14-11-28-17(22-14)23-15-4-3-12(19)10-20-15/h3-4,10-11,13H,2,5-9H2,1H3,(H,21,25)(H,20,22,23). The van der Waals surface area contributed by atoms with Crippen LogP contribution in [0.25, 0.3) is 0 Å². The van der Waals surface area contributed by atoms with E-state index in [1.807, 2.05) is 5.38 Å². The number of ether oxygens (including phenoxy) is 1. The summed E-state index contributed by atoms with van der Waals surface area (Å²) >= 11 is 7.23. The van der Waals surface area contributed by atoms with Crippen molar-refractivity contribution >= 4 is 45.9 Å². The van der Waals surface area contributed by atoms with Gasteiger partial charge in [-0.1, -0.05) is 11.6 Å². The first-order valence-corrected chi connectivity index (χ1v) is 10.3. The Hall–Kier alpha value is -2.39. The lowest BCUT2D eigenvalue weighted by molar-refractivity contribution is -0.121. The number of amides is 2. The molecule has 0 spiro atoms. The molecule has 0 radical (unpaired) electrons. The van der Waals surface area contributed by atoms with E-state index in [1.165, 1.54) is 11.3 Å². The van der Waals surface area contributed by atoms with Crippen LogP contribution < -0.4 is 10.6 Å². The number of nitrogens with one attached hydrogen (secondary N) is 2. The molecule has 0 bridgehead atoms. The number of rotatable bonds is 6. The number of aromatic nitrogens is 2. The van der Waals surface area contributed by atoms with Crippen molar-refractivity contribution in [2.75, 3.05) is 25.0 Å². The van der Waals surface area contributed by atoms with Gasteiger partial charge in [-0.15, -0.1) is 11.3 Å². The molecule has 3 heterocycles. The van der Waals surface area contributed by atoms with Gasteiger partial charge in [-0.2, -0.15) is 0 Å². The maximum absolute atomic E-state index is 12.3. The third-order valence-electron chi connectivity index (χ3n) is 4.24. The maximum Gasteiger partial charge on any atom is 0.409 e. The molecule has 8 nitrogen and oxygen atoms in total. The molecule has 2 N–H and O–H groups in total. The van der Waals surface area contributed by atoms with Crippen LogP contribution >= 0.6 is 22.9 Å². The number of carbonyl (C=O) groups is 2. The highest BCUT2D eigenvalue weighted by molar-refractivity contribution is 7.13. The Bertz CT molecular complexity index is 806. The molecule has 1 saturated heterocycles. The number of carbonyl (C=O) groups excluding carboxylic acids is 2. The summed E-state index contributed by atoms with van der Waals surface area (Å²) in [6.45, 7) is 3.33. The first-order valence-electron chi connectivity index (χ1n) is 9.07. The van der Waals surface area contributed by atoms with Gasteiger partial charge in [0.15, 0.2) is 5.13 Å². The Morgan fingerprint density at radius 3 is 2.82 bits per heavy atom. The van der Waals surface area contributed by atoms with Crippen LogP contribution in [0.2, 0.25) is 5.02 Å². The molecule has 2 amide bonds. The Labute approximate surface area is 172 Å². The summed E-state index contributed by atoms with van der Waals surface area (Å²) in [5.74, 6) is 0.569. The molecule has 1 aliphatic rings. The van der Waals surface area contributed by atoms with Gasteiger partial charge in [-0.25, -0.2) is 14.8 Å². The quantitative estimate of drug-likeness (QED) is 0.740. The van der Waals surface area contributed by atoms with Gasteiger partial charge in [-0.05, 0) is 31.9 Å². The van der Waals surface area contributed by atoms with E-state index in [0.717, 1.165) is 12.8 Å². The fourth-order valence-corrected chi connectivity index (χ4v) is 3.70. The molecule has 1 aliphatic heterocycles. The average molecular weight is 424 g/mol. The molecule has 0 aromatic carbocycles. The van der Waals surface area contributed by atoms with Gasteiger partial charge in [-0.3, -0.25) is 4.79 Å². The van der Waals surface area contributed by atoms with Crippen molar-refractivity contribution < 1.29 is 14.3 Å². The molecule has 10 heteroatoms. The number of pyridine rings is 1. The summed E-state index contributed by atoms with van der Waals surface area (Å²) in [5.41, 5.74) is 0.697. The van der Waals surface area contributed by atoms with Crippen molar-refractivity contribution in [2.24, 2.45) is 0 Å². The van der Waals surface area contributed by atoms with Gasteiger partial charge in [0.1, 0.15) is 5.82 Å². The summed E-state index contributed by atoms with van der Waals surface area (Å²) in [6.07, 6.45) is 2.92. The number of nitrogens with zero attached hydrogens (tertiary/aromatic N) is 3. The van der Waals surface area contributed by atoms with Crippen LogP contribution in [0.3, 0.4) is 0 Å². The third kappa shape index (κ3) is 5.80. The molecule has 0 aliphatic carbocycles. The van der Waals surface area contributed by atoms with Crippen molar-refractivity contribution in [1.82, 2.24) is 20.2 Å². The Kier molecular flexibility index (Phi) is 7.05. The second-order valence-electron chi connectivity index (χ2n) is 6.34. The fourth-order valence-electron chi connectivity index (χ4n) is 2.87. The average Bonchev–Trinajstić information content (AvgIpc) is 3.11. The van der Waals surface area contributed by atoms with E-state index in [-0.39, 0.29) is 24.5 Å². The predicted molar refractivity (Wildman–Crippen MR) is 108 cm³/mol. The van der Waals surface area contributed by atoms with Crippen molar-refractivity contribution in [3.05, 3.63) is 34.4 Å². The van der Waals surface area contributed by atoms with Crippen LogP contribution in [-0.4, -0.2) is 52.6 Å². The van der Waals surface area contributed by atoms with Gasteiger partial charge in [0.2, 0.25) is 5.91 Å². The minimum Gasteiger partial charge on any atom is -0.450 e. The number of likely N-dealkylation sites (tertiary alicyclic amines) is 1. The minimum atomic E-state index is -0.287. The number of anilines is 2. The van der Waals surface area contributed by atoms with E-state index in [1.54, 1.807) is 30.2 Å². The van der Waals surface area contributed by atoms with Gasteiger partial charge < -0.3 is 20.3 Å². The summed E-state index contributed by atoms with van der Waals surface area (Å²) in [5, 5.41) is 9.19. The number of hydrogen-bond donors (Lipinski definition) is 2. The van der Waals surface area contributed by atoms with Crippen LogP contribution in [-0.2, 0) is 16.0 Å². The molecule has 2 aromatic heterocycles. The zero-order valence-electron chi connectivity index (χ0n) is 15.5. The molecule has 0 unspecified atom stereocenters. The SMILES string of the molecule is CCOC(=O)N1CCC(NC(=O)Cc2csc(Nc3ccc(Cl)cn3)n2)CC1. The van der Waals surface area contributed by atoms with Gasteiger partial charge in [0, 0.05) is 30.7 Å². The van der Waals surface area contributed by atoms with Crippen molar-refractivity contribution in [1.29, 1.82) is 0 Å². The molecule has 3 rings (SSSR count). The molecule has 0 atom stereocenters. The van der Waals surface area contributed by atoms with Crippen LogP contribution in [0.5, 0.6) is 0 Å². The molecular weight excluding hydrogens is 402 g/mol. The Morgan fingerprint density at radius 2 is 2.14 bits per heavy atom. The van der Waals surface area contributed by atoms with Crippen LogP contribution in [0.4, 0.5) is 15.7 Å². The van der Waals surface area contributed by atoms with Crippen molar-refractivity contribution in [3.63, 3.8) is 0 Å². The Morgan fingerprint density at radius 1 is 1.36 bits per heavy atom. The second kappa shape index (κ2) is 9.70. The van der Waals surface area contributed by atoms with E-state index in [4.69, 9.17) is 16.3 Å². The van der Waals surface area contributed by atoms with Crippen LogP contribution in [0, 0.1) is 0 Å². The number of piperidine rings is 1. The summed E-state index contributed by atoms with van der Waals surface area (Å²) in [6, 6.07) is 3.57. The van der Waals surface area contributed by atoms with Crippen molar-refractivity contribution in [3.8, 4) is 0 Å². The topological polar surface area (TPSA) is 96.5 Å². The number of halogens is 1. The lowest BCUT2D eigenvalue weighted by atomic mass is 10.1. The number of thiazole rings is 1. The van der Waals surface area contributed by atoms with Crippen LogP contribution in [0.1, 0.15) is 25.5 Å². The summed E-state index contributed by atoms with van der Waals surface area (Å²) in [7, 11) is 0. The van der Waals surface area contributed by atoms with Gasteiger partial charge >= 0.3 is 6.09 Å². The van der Waals surface area contributed by atoms with Crippen molar-refractivity contribution in [2.45, 2.75) is 32.2 Å². The monoisotopic (exact) mass is 423 g/mol. The normalized spacial score (nSPS) is 14.6. The largest absolute Gasteiger partial charge is 0.450 e. The van der Waals surface area contributed by atoms with E-state index in [0.29, 0.717) is 41.4 Å². The van der Waals surface area contributed by atoms with E-state index in [2.05, 4.69) is 20.6 Å². The minimum absolute atomic E-state index is 0.0627. The predicted octanol–water partition coefficient (Wildman–Crippen LogP) is 3.21. The van der Waals surface area contributed by atoms with E-state index in [9.17, 15) is 9.59 Å². The summed E-state index contributed by atoms with van der Waals surface area (Å²) < 4.78 is 5.00. The smallest absolute Gasteiger partial charge is 0.409 e. The van der Waals surface area contributed by atoms with Gasteiger partial charge in [0.25, 0.3) is 0 Å². The van der Waals surface area contributed by atoms with Crippen LogP contribution in [0.15, 0.2) is 23.7 Å². The zero-order valence-corrected chi connectivity index (χ0v) is 17.1. The number of hydrogen-bond acceptors (Lipinski definition) is 7. The molecule has 28 heavy (non-hydrogen) atoms.